The van der Waals surface area contributed by atoms with Crippen LogP contribution in [-0.2, 0) is 11.8 Å². The first-order chi connectivity index (χ1) is 13.8. The number of pyridine rings is 1. The molecule has 3 aromatic rings. The molecule has 1 aromatic heterocycles. The number of para-hydroxylation sites is 1. The fraction of sp³-hybridized carbons (Fsp3) is 0.227. The van der Waals surface area contributed by atoms with E-state index in [0.717, 1.165) is 0 Å². The standard InChI is InChI=1S/C22H22N2O5/c1-13(2)22(27)29-19-17-15(11-8-12-16(17)28-4)24(3)21(26)18(19)20(25)23-14-9-6-5-7-10-14/h5-13H,1-4H3,(H,23,25). The fourth-order valence-electron chi connectivity index (χ4n) is 2.93. The minimum Gasteiger partial charge on any atom is -0.496 e. The Morgan fingerprint density at radius 1 is 1.03 bits per heavy atom. The summed E-state index contributed by atoms with van der Waals surface area (Å²) in [5.74, 6) is -1.39. The van der Waals surface area contributed by atoms with Crippen molar-refractivity contribution in [2.75, 3.05) is 12.4 Å². The third kappa shape index (κ3) is 3.85. The SMILES string of the molecule is COc1cccc2c1c(OC(=O)C(C)C)c(C(=O)Nc1ccccc1)c(=O)n2C. The molecule has 29 heavy (non-hydrogen) atoms. The number of benzene rings is 2. The summed E-state index contributed by atoms with van der Waals surface area (Å²) in [6.45, 7) is 3.35. The number of hydrogen-bond acceptors (Lipinski definition) is 5. The molecule has 0 bridgehead atoms. The van der Waals surface area contributed by atoms with Gasteiger partial charge in [-0.25, -0.2) is 0 Å². The van der Waals surface area contributed by atoms with Crippen LogP contribution in [0.5, 0.6) is 11.5 Å². The molecule has 0 aliphatic rings. The van der Waals surface area contributed by atoms with E-state index in [1.54, 1.807) is 63.4 Å². The number of aryl methyl sites for hydroxylation is 1. The van der Waals surface area contributed by atoms with Gasteiger partial charge in [-0.3, -0.25) is 14.4 Å². The molecular formula is C22H22N2O5. The summed E-state index contributed by atoms with van der Waals surface area (Å²) in [5, 5.41) is 3.07. The lowest BCUT2D eigenvalue weighted by molar-refractivity contribution is -0.137. The predicted molar refractivity (Wildman–Crippen MR) is 111 cm³/mol. The Kier molecular flexibility index (Phi) is 5.68. The number of methoxy groups -OCH3 is 1. The fourth-order valence-corrected chi connectivity index (χ4v) is 2.93. The number of hydrogen-bond donors (Lipinski definition) is 1. The molecule has 1 N–H and O–H groups in total. The molecule has 3 rings (SSSR count). The topological polar surface area (TPSA) is 86.6 Å². The third-order valence-electron chi connectivity index (χ3n) is 4.49. The highest BCUT2D eigenvalue weighted by Crippen LogP contribution is 2.35. The number of anilines is 1. The zero-order valence-electron chi connectivity index (χ0n) is 16.7. The summed E-state index contributed by atoms with van der Waals surface area (Å²) in [4.78, 5) is 38.5. The average Bonchev–Trinajstić information content (AvgIpc) is 2.71. The van der Waals surface area contributed by atoms with Gasteiger partial charge in [0.1, 0.15) is 11.3 Å². The van der Waals surface area contributed by atoms with Crippen LogP contribution in [0.4, 0.5) is 5.69 Å². The third-order valence-corrected chi connectivity index (χ3v) is 4.49. The molecule has 0 aliphatic heterocycles. The van der Waals surface area contributed by atoms with Crippen molar-refractivity contribution < 1.29 is 19.1 Å². The number of aromatic nitrogens is 1. The molecule has 0 spiro atoms. The van der Waals surface area contributed by atoms with Crippen LogP contribution in [-0.4, -0.2) is 23.6 Å². The van der Waals surface area contributed by atoms with Crippen molar-refractivity contribution in [2.24, 2.45) is 13.0 Å². The summed E-state index contributed by atoms with van der Waals surface area (Å²) in [5.41, 5.74) is 0.158. The highest BCUT2D eigenvalue weighted by molar-refractivity contribution is 6.10. The number of carbonyl (C=O) groups is 2. The molecule has 0 fully saturated rings. The molecule has 1 amide bonds. The molecule has 0 saturated heterocycles. The molecule has 7 heteroatoms. The molecule has 1 heterocycles. The lowest BCUT2D eigenvalue weighted by atomic mass is 10.1. The minimum atomic E-state index is -0.670. The van der Waals surface area contributed by atoms with Crippen LogP contribution in [0, 0.1) is 5.92 Å². The van der Waals surface area contributed by atoms with Crippen LogP contribution in [0.3, 0.4) is 0 Å². The Hall–Kier alpha value is -3.61. The van der Waals surface area contributed by atoms with Gasteiger partial charge in [-0.15, -0.1) is 0 Å². The number of ether oxygens (including phenoxy) is 2. The second-order valence-corrected chi connectivity index (χ2v) is 6.82. The normalized spacial score (nSPS) is 10.8. The molecule has 7 nitrogen and oxygen atoms in total. The van der Waals surface area contributed by atoms with Gasteiger partial charge in [-0.2, -0.15) is 0 Å². The van der Waals surface area contributed by atoms with Crippen LogP contribution in [0.15, 0.2) is 53.3 Å². The first kappa shape index (κ1) is 20.1. The molecular weight excluding hydrogens is 372 g/mol. The minimum absolute atomic E-state index is 0.104. The van der Waals surface area contributed by atoms with Gasteiger partial charge >= 0.3 is 5.97 Å². The number of nitrogens with one attached hydrogen (secondary N) is 1. The second-order valence-electron chi connectivity index (χ2n) is 6.82. The Balaban J connectivity index is 2.29. The van der Waals surface area contributed by atoms with Crippen molar-refractivity contribution >= 4 is 28.5 Å². The largest absolute Gasteiger partial charge is 0.496 e. The van der Waals surface area contributed by atoms with E-state index in [2.05, 4.69) is 5.32 Å². The number of amides is 1. The van der Waals surface area contributed by atoms with E-state index in [1.165, 1.54) is 11.7 Å². The number of carbonyl (C=O) groups excluding carboxylic acids is 2. The molecule has 2 aromatic carbocycles. The molecule has 0 unspecified atom stereocenters. The summed E-state index contributed by atoms with van der Waals surface area (Å²) in [6.07, 6.45) is 0. The average molecular weight is 394 g/mol. The van der Waals surface area contributed by atoms with E-state index in [4.69, 9.17) is 9.47 Å². The zero-order valence-corrected chi connectivity index (χ0v) is 16.7. The quantitative estimate of drug-likeness (QED) is 0.671. The number of nitrogens with zero attached hydrogens (tertiary/aromatic N) is 1. The smallest absolute Gasteiger partial charge is 0.313 e. The molecule has 150 valence electrons. The van der Waals surface area contributed by atoms with Gasteiger partial charge in [-0.05, 0) is 24.3 Å². The maximum atomic E-state index is 13.1. The van der Waals surface area contributed by atoms with Gasteiger partial charge in [0.15, 0.2) is 5.75 Å². The summed E-state index contributed by atoms with van der Waals surface area (Å²) in [7, 11) is 3.02. The van der Waals surface area contributed by atoms with Gasteiger partial charge in [-0.1, -0.05) is 38.1 Å². The van der Waals surface area contributed by atoms with E-state index in [-0.39, 0.29) is 11.3 Å². The van der Waals surface area contributed by atoms with Crippen molar-refractivity contribution in [3.8, 4) is 11.5 Å². The number of fused-ring (bicyclic) bond motifs is 1. The molecule has 0 aliphatic carbocycles. The Bertz CT molecular complexity index is 1130. The van der Waals surface area contributed by atoms with Crippen LogP contribution < -0.4 is 20.3 Å². The zero-order chi connectivity index (χ0) is 21.1. The van der Waals surface area contributed by atoms with Crippen molar-refractivity contribution in [3.05, 3.63) is 64.4 Å². The second kappa shape index (κ2) is 8.18. The maximum Gasteiger partial charge on any atom is 0.313 e. The maximum absolute atomic E-state index is 13.1. The highest BCUT2D eigenvalue weighted by Gasteiger charge is 2.27. The first-order valence-electron chi connectivity index (χ1n) is 9.13. The van der Waals surface area contributed by atoms with Crippen molar-refractivity contribution in [3.63, 3.8) is 0 Å². The Morgan fingerprint density at radius 2 is 1.72 bits per heavy atom. The molecule has 0 atom stereocenters. The van der Waals surface area contributed by atoms with Crippen LogP contribution in [0.2, 0.25) is 0 Å². The van der Waals surface area contributed by atoms with E-state index in [0.29, 0.717) is 22.3 Å². The van der Waals surface area contributed by atoms with Crippen molar-refractivity contribution in [1.82, 2.24) is 4.57 Å². The molecule has 0 radical (unpaired) electrons. The summed E-state index contributed by atoms with van der Waals surface area (Å²) < 4.78 is 12.3. The van der Waals surface area contributed by atoms with Crippen molar-refractivity contribution in [2.45, 2.75) is 13.8 Å². The van der Waals surface area contributed by atoms with Gasteiger partial charge < -0.3 is 19.4 Å². The van der Waals surface area contributed by atoms with Crippen molar-refractivity contribution in [1.29, 1.82) is 0 Å². The van der Waals surface area contributed by atoms with Crippen LogP contribution in [0.25, 0.3) is 10.9 Å². The van der Waals surface area contributed by atoms with Gasteiger partial charge in [0, 0.05) is 12.7 Å². The number of esters is 1. The van der Waals surface area contributed by atoms with E-state index < -0.39 is 23.4 Å². The van der Waals surface area contributed by atoms with Gasteiger partial charge in [0.25, 0.3) is 11.5 Å². The molecule has 0 saturated carbocycles. The lowest BCUT2D eigenvalue weighted by Gasteiger charge is -2.18. The Labute approximate surface area is 167 Å². The monoisotopic (exact) mass is 394 g/mol. The lowest BCUT2D eigenvalue weighted by Crippen LogP contribution is -2.30. The highest BCUT2D eigenvalue weighted by atomic mass is 16.5. The predicted octanol–water partition coefficient (Wildman–Crippen LogP) is 3.36. The summed E-state index contributed by atoms with van der Waals surface area (Å²) in [6, 6.07) is 13.8. The van der Waals surface area contributed by atoms with Crippen LogP contribution >= 0.6 is 0 Å². The van der Waals surface area contributed by atoms with E-state index in [1.807, 2.05) is 6.07 Å². The first-order valence-corrected chi connectivity index (χ1v) is 9.13. The van der Waals surface area contributed by atoms with E-state index in [9.17, 15) is 14.4 Å². The summed E-state index contributed by atoms with van der Waals surface area (Å²) >= 11 is 0. The van der Waals surface area contributed by atoms with E-state index >= 15 is 0 Å². The van der Waals surface area contributed by atoms with Crippen LogP contribution in [0.1, 0.15) is 24.2 Å². The number of rotatable bonds is 5. The van der Waals surface area contributed by atoms with Gasteiger partial charge in [0.2, 0.25) is 0 Å². The van der Waals surface area contributed by atoms with Gasteiger partial charge in [0.05, 0.1) is 23.9 Å². The Morgan fingerprint density at radius 3 is 2.34 bits per heavy atom.